The monoisotopic (exact) mass is 295 g/mol. The van der Waals surface area contributed by atoms with E-state index in [9.17, 15) is 24.1 Å². The van der Waals surface area contributed by atoms with Crippen LogP contribution >= 0.6 is 0 Å². The Morgan fingerprint density at radius 1 is 1.43 bits per heavy atom. The van der Waals surface area contributed by atoms with Crippen LogP contribution < -0.4 is 5.32 Å². The summed E-state index contributed by atoms with van der Waals surface area (Å²) >= 11 is 0. The van der Waals surface area contributed by atoms with Gasteiger partial charge in [0, 0.05) is 24.7 Å². The summed E-state index contributed by atoms with van der Waals surface area (Å²) in [7, 11) is 0. The molecular formula is C13H14FN3O4. The van der Waals surface area contributed by atoms with E-state index in [2.05, 4.69) is 5.32 Å². The third-order valence-electron chi connectivity index (χ3n) is 3.44. The number of amides is 2. The van der Waals surface area contributed by atoms with Gasteiger partial charge < -0.3 is 10.2 Å². The van der Waals surface area contributed by atoms with Gasteiger partial charge in [0.25, 0.3) is 11.6 Å². The van der Waals surface area contributed by atoms with Crippen LogP contribution in [-0.4, -0.2) is 40.3 Å². The highest BCUT2D eigenvalue weighted by Crippen LogP contribution is 2.23. The number of piperazine rings is 1. The summed E-state index contributed by atoms with van der Waals surface area (Å²) in [6, 6.07) is 2.68. The molecule has 2 amide bonds. The van der Waals surface area contributed by atoms with Crippen molar-refractivity contribution in [2.24, 2.45) is 0 Å². The van der Waals surface area contributed by atoms with Crippen LogP contribution in [0.4, 0.5) is 10.1 Å². The normalized spacial score (nSPS) is 17.3. The zero-order valence-corrected chi connectivity index (χ0v) is 11.6. The van der Waals surface area contributed by atoms with Gasteiger partial charge in [0.15, 0.2) is 0 Å². The van der Waals surface area contributed by atoms with Crippen molar-refractivity contribution < 1.29 is 18.9 Å². The molecule has 21 heavy (non-hydrogen) atoms. The molecule has 0 bridgehead atoms. The number of rotatable bonds is 2. The van der Waals surface area contributed by atoms with E-state index in [0.29, 0.717) is 0 Å². The van der Waals surface area contributed by atoms with E-state index in [0.717, 1.165) is 18.2 Å². The molecule has 0 radical (unpaired) electrons. The Morgan fingerprint density at radius 2 is 2.10 bits per heavy atom. The molecule has 0 atom stereocenters. The number of carbonyl (C=O) groups excluding carboxylic acids is 2. The fourth-order valence-corrected chi connectivity index (χ4v) is 2.21. The molecule has 8 heteroatoms. The first kappa shape index (κ1) is 14.9. The van der Waals surface area contributed by atoms with Gasteiger partial charge in [-0.25, -0.2) is 4.39 Å². The van der Waals surface area contributed by atoms with Gasteiger partial charge in [-0.15, -0.1) is 0 Å². The zero-order chi connectivity index (χ0) is 15.8. The lowest BCUT2D eigenvalue weighted by Gasteiger charge is -2.41. The lowest BCUT2D eigenvalue weighted by atomic mass is 9.97. The molecule has 1 aromatic carbocycles. The van der Waals surface area contributed by atoms with Crippen molar-refractivity contribution in [2.75, 3.05) is 13.1 Å². The number of benzene rings is 1. The number of hydrogen-bond acceptors (Lipinski definition) is 4. The Kier molecular flexibility index (Phi) is 3.63. The van der Waals surface area contributed by atoms with Crippen molar-refractivity contribution in [3.63, 3.8) is 0 Å². The van der Waals surface area contributed by atoms with Gasteiger partial charge in [0.1, 0.15) is 11.4 Å². The number of nitro groups is 1. The molecule has 1 saturated heterocycles. The van der Waals surface area contributed by atoms with E-state index in [1.165, 1.54) is 4.90 Å². The summed E-state index contributed by atoms with van der Waals surface area (Å²) in [6.45, 7) is 3.66. The van der Waals surface area contributed by atoms with E-state index in [1.807, 2.05) is 0 Å². The van der Waals surface area contributed by atoms with Crippen LogP contribution in [0.3, 0.4) is 0 Å². The molecule has 7 nitrogen and oxygen atoms in total. The topological polar surface area (TPSA) is 92.6 Å². The van der Waals surface area contributed by atoms with Gasteiger partial charge in [-0.1, -0.05) is 0 Å². The lowest BCUT2D eigenvalue weighted by Crippen LogP contribution is -2.63. The molecule has 0 spiro atoms. The van der Waals surface area contributed by atoms with Crippen LogP contribution in [0.25, 0.3) is 0 Å². The maximum atomic E-state index is 13.4. The zero-order valence-electron chi connectivity index (χ0n) is 11.6. The number of halogens is 1. The van der Waals surface area contributed by atoms with Gasteiger partial charge in [0.05, 0.1) is 11.0 Å². The van der Waals surface area contributed by atoms with E-state index in [1.54, 1.807) is 13.8 Å². The van der Waals surface area contributed by atoms with Crippen molar-refractivity contribution in [2.45, 2.75) is 19.4 Å². The molecule has 0 aromatic heterocycles. The summed E-state index contributed by atoms with van der Waals surface area (Å²) in [5.74, 6) is -1.81. The molecule has 0 saturated carbocycles. The van der Waals surface area contributed by atoms with Crippen LogP contribution in [0.1, 0.15) is 24.2 Å². The number of hydrogen-bond donors (Lipinski definition) is 1. The minimum atomic E-state index is -1.10. The number of nitrogens with zero attached hydrogens (tertiary/aromatic N) is 2. The van der Waals surface area contributed by atoms with E-state index >= 15 is 0 Å². The second kappa shape index (κ2) is 5.12. The van der Waals surface area contributed by atoms with E-state index < -0.39 is 27.9 Å². The van der Waals surface area contributed by atoms with Gasteiger partial charge in [-0.3, -0.25) is 19.7 Å². The summed E-state index contributed by atoms with van der Waals surface area (Å²) in [6.07, 6.45) is 0. The summed E-state index contributed by atoms with van der Waals surface area (Å²) < 4.78 is 13.4. The molecule has 1 fully saturated rings. The molecule has 1 aliphatic rings. The van der Waals surface area contributed by atoms with Gasteiger partial charge in [0.2, 0.25) is 5.91 Å². The predicted octanol–water partition coefficient (Wildman–Crippen LogP) is 1.08. The standard InChI is InChI=1S/C13H14FN3O4/c1-13(2)12(19)15-3-4-16(13)11(18)8-5-9(14)7-10(6-8)17(20)21/h5-7H,3-4H2,1-2H3,(H,15,19). The third kappa shape index (κ3) is 2.69. The number of nitrogens with one attached hydrogen (secondary N) is 1. The van der Waals surface area contributed by atoms with Gasteiger partial charge >= 0.3 is 0 Å². The minimum absolute atomic E-state index is 0.149. The maximum Gasteiger partial charge on any atom is 0.273 e. The summed E-state index contributed by atoms with van der Waals surface area (Å²) in [5, 5.41) is 13.4. The fourth-order valence-electron chi connectivity index (χ4n) is 2.21. The Labute approximate surface area is 119 Å². The number of nitro benzene ring substituents is 1. The van der Waals surface area contributed by atoms with Crippen molar-refractivity contribution in [1.29, 1.82) is 0 Å². The average Bonchev–Trinajstić information content (AvgIpc) is 2.40. The van der Waals surface area contributed by atoms with Crippen molar-refractivity contribution in [3.8, 4) is 0 Å². The quantitative estimate of drug-likeness (QED) is 0.653. The largest absolute Gasteiger partial charge is 0.352 e. The molecule has 0 unspecified atom stereocenters. The smallest absolute Gasteiger partial charge is 0.273 e. The second-order valence-corrected chi connectivity index (χ2v) is 5.23. The van der Waals surface area contributed by atoms with Crippen LogP contribution in [0.2, 0.25) is 0 Å². The Hall–Kier alpha value is -2.51. The Balaban J connectivity index is 2.40. The van der Waals surface area contributed by atoms with E-state index in [-0.39, 0.29) is 24.6 Å². The van der Waals surface area contributed by atoms with Gasteiger partial charge in [-0.05, 0) is 19.9 Å². The molecule has 1 aromatic rings. The maximum absolute atomic E-state index is 13.4. The van der Waals surface area contributed by atoms with Crippen LogP contribution in [0.5, 0.6) is 0 Å². The highest BCUT2D eigenvalue weighted by atomic mass is 19.1. The van der Waals surface area contributed by atoms with Crippen molar-refractivity contribution in [3.05, 3.63) is 39.7 Å². The van der Waals surface area contributed by atoms with Crippen molar-refractivity contribution in [1.82, 2.24) is 10.2 Å². The highest BCUT2D eigenvalue weighted by Gasteiger charge is 2.41. The third-order valence-corrected chi connectivity index (χ3v) is 3.44. The fraction of sp³-hybridized carbons (Fsp3) is 0.385. The molecule has 112 valence electrons. The Morgan fingerprint density at radius 3 is 2.71 bits per heavy atom. The lowest BCUT2D eigenvalue weighted by molar-refractivity contribution is -0.385. The second-order valence-electron chi connectivity index (χ2n) is 5.23. The Bertz CT molecular complexity index is 630. The number of carbonyl (C=O) groups is 2. The molecule has 0 aliphatic carbocycles. The van der Waals surface area contributed by atoms with Crippen LogP contribution in [0, 0.1) is 15.9 Å². The SMILES string of the molecule is CC1(C)C(=O)NCCN1C(=O)c1cc(F)cc([N+](=O)[O-])c1. The predicted molar refractivity (Wildman–Crippen MR) is 71.2 cm³/mol. The molecule has 2 rings (SSSR count). The van der Waals surface area contributed by atoms with Crippen molar-refractivity contribution >= 4 is 17.5 Å². The van der Waals surface area contributed by atoms with E-state index in [4.69, 9.17) is 0 Å². The molecule has 1 heterocycles. The summed E-state index contributed by atoms with van der Waals surface area (Å²) in [4.78, 5) is 35.5. The first-order chi connectivity index (χ1) is 9.73. The van der Waals surface area contributed by atoms with Gasteiger partial charge in [-0.2, -0.15) is 0 Å². The first-order valence-corrected chi connectivity index (χ1v) is 6.29. The van der Waals surface area contributed by atoms with Crippen LogP contribution in [0.15, 0.2) is 18.2 Å². The molecule has 1 N–H and O–H groups in total. The minimum Gasteiger partial charge on any atom is -0.352 e. The summed E-state index contributed by atoms with van der Waals surface area (Å²) in [5.41, 5.74) is -1.75. The first-order valence-electron chi connectivity index (χ1n) is 6.29. The van der Waals surface area contributed by atoms with Crippen LogP contribution in [-0.2, 0) is 4.79 Å². The molecular weight excluding hydrogens is 281 g/mol. The molecule has 1 aliphatic heterocycles. The number of non-ortho nitro benzene ring substituents is 1. The highest BCUT2D eigenvalue weighted by molar-refractivity contribution is 6.00. The average molecular weight is 295 g/mol.